The van der Waals surface area contributed by atoms with Crippen LogP contribution in [0.2, 0.25) is 0 Å². The van der Waals surface area contributed by atoms with Gasteiger partial charge >= 0.3 is 12.1 Å². The number of amides is 4. The molecule has 152 valence electrons. The summed E-state index contributed by atoms with van der Waals surface area (Å²) in [4.78, 5) is 32.1. The van der Waals surface area contributed by atoms with Crippen LogP contribution in [0.1, 0.15) is 0 Å². The van der Waals surface area contributed by atoms with Crippen LogP contribution in [-0.2, 0) is 9.68 Å². The summed E-state index contributed by atoms with van der Waals surface area (Å²) in [5, 5.41) is 7.55. The molecule has 8 nitrogen and oxygen atoms in total. The summed E-state index contributed by atoms with van der Waals surface area (Å²) in [6, 6.07) is 14.0. The van der Waals surface area contributed by atoms with Gasteiger partial charge in [0.25, 0.3) is 0 Å². The molecular formula is C18H22Br2N4O4. The summed E-state index contributed by atoms with van der Waals surface area (Å²) in [5.74, 6) is 0. The highest BCUT2D eigenvalue weighted by Gasteiger charge is 2.07. The van der Waals surface area contributed by atoms with Gasteiger partial charge < -0.3 is 10.6 Å². The second-order valence-electron chi connectivity index (χ2n) is 5.23. The average molecular weight is 518 g/mol. The number of hydroxylamine groups is 4. The molecule has 0 bridgehead atoms. The number of hydrogen-bond donors (Lipinski definition) is 2. The van der Waals surface area contributed by atoms with Crippen LogP contribution in [0, 0.1) is 0 Å². The standard InChI is InChI=1S/2C9H11BrN2O2/c2*1-12(14-2)9(13)11-8-5-3-7(10)4-6-8/h2*3-6H,1-2H3,(H,11,13). The van der Waals surface area contributed by atoms with E-state index in [4.69, 9.17) is 9.68 Å². The molecule has 0 saturated carbocycles. The van der Waals surface area contributed by atoms with E-state index in [2.05, 4.69) is 42.5 Å². The van der Waals surface area contributed by atoms with E-state index < -0.39 is 0 Å². The molecule has 0 aliphatic carbocycles. The van der Waals surface area contributed by atoms with Gasteiger partial charge in [0.05, 0.1) is 14.2 Å². The molecule has 2 rings (SSSR count). The predicted molar refractivity (Wildman–Crippen MR) is 116 cm³/mol. The van der Waals surface area contributed by atoms with Crippen molar-refractivity contribution in [3.05, 3.63) is 57.5 Å². The van der Waals surface area contributed by atoms with Crippen molar-refractivity contribution in [2.75, 3.05) is 38.9 Å². The van der Waals surface area contributed by atoms with Crippen LogP contribution < -0.4 is 10.6 Å². The molecule has 0 heterocycles. The Hall–Kier alpha value is -2.14. The van der Waals surface area contributed by atoms with E-state index in [0.717, 1.165) is 30.4 Å². The third kappa shape index (κ3) is 8.70. The highest BCUT2D eigenvalue weighted by molar-refractivity contribution is 9.10. The fourth-order valence-electron chi connectivity index (χ4n) is 1.64. The molecule has 0 spiro atoms. The molecule has 28 heavy (non-hydrogen) atoms. The van der Waals surface area contributed by atoms with Crippen LogP contribution in [-0.4, -0.2) is 50.5 Å². The lowest BCUT2D eigenvalue weighted by Gasteiger charge is -2.14. The van der Waals surface area contributed by atoms with Crippen LogP contribution in [0.25, 0.3) is 0 Å². The number of halogens is 2. The van der Waals surface area contributed by atoms with Gasteiger partial charge in [-0.2, -0.15) is 0 Å². The average Bonchev–Trinajstić information content (AvgIpc) is 2.70. The van der Waals surface area contributed by atoms with Crippen LogP contribution in [0.3, 0.4) is 0 Å². The van der Waals surface area contributed by atoms with E-state index >= 15 is 0 Å². The van der Waals surface area contributed by atoms with Gasteiger partial charge in [-0.25, -0.2) is 19.7 Å². The van der Waals surface area contributed by atoms with E-state index in [0.29, 0.717) is 0 Å². The van der Waals surface area contributed by atoms with Crippen molar-refractivity contribution < 1.29 is 19.3 Å². The number of benzene rings is 2. The highest BCUT2D eigenvalue weighted by Crippen LogP contribution is 2.15. The summed E-state index contributed by atoms with van der Waals surface area (Å²) in [5.41, 5.74) is 1.45. The molecule has 2 aromatic rings. The SMILES string of the molecule is CON(C)C(=O)Nc1ccc(Br)cc1.CON(C)C(=O)Nc1ccc(Br)cc1. The molecule has 0 aliphatic heterocycles. The Kier molecular flexibility index (Phi) is 10.5. The lowest BCUT2D eigenvalue weighted by atomic mass is 10.3. The van der Waals surface area contributed by atoms with E-state index in [1.807, 2.05) is 24.3 Å². The Morgan fingerprint density at radius 3 is 1.25 bits per heavy atom. The number of nitrogens with one attached hydrogen (secondary N) is 2. The van der Waals surface area contributed by atoms with Gasteiger partial charge in [-0.3, -0.25) is 9.68 Å². The van der Waals surface area contributed by atoms with Crippen molar-refractivity contribution in [1.82, 2.24) is 10.1 Å². The largest absolute Gasteiger partial charge is 0.345 e. The third-order valence-electron chi connectivity index (χ3n) is 3.31. The second-order valence-corrected chi connectivity index (χ2v) is 7.07. The van der Waals surface area contributed by atoms with Gasteiger partial charge in [0.15, 0.2) is 0 Å². The zero-order valence-electron chi connectivity index (χ0n) is 15.9. The molecule has 2 N–H and O–H groups in total. The van der Waals surface area contributed by atoms with E-state index in [9.17, 15) is 9.59 Å². The van der Waals surface area contributed by atoms with Gasteiger partial charge in [0, 0.05) is 34.4 Å². The first-order valence-electron chi connectivity index (χ1n) is 7.95. The lowest BCUT2D eigenvalue weighted by Crippen LogP contribution is -2.30. The maximum Gasteiger partial charge on any atom is 0.345 e. The van der Waals surface area contributed by atoms with Gasteiger partial charge in [-0.15, -0.1) is 0 Å². The third-order valence-corrected chi connectivity index (χ3v) is 4.37. The fourth-order valence-corrected chi connectivity index (χ4v) is 2.17. The highest BCUT2D eigenvalue weighted by atomic mass is 79.9. The maximum absolute atomic E-state index is 11.3. The second kappa shape index (κ2) is 12.3. The normalized spacial score (nSPS) is 9.64. The quantitative estimate of drug-likeness (QED) is 0.562. The number of rotatable bonds is 4. The molecule has 0 unspecified atom stereocenters. The summed E-state index contributed by atoms with van der Waals surface area (Å²) >= 11 is 6.61. The van der Waals surface area contributed by atoms with Crippen LogP contribution in [0.15, 0.2) is 57.5 Å². The Bertz CT molecular complexity index is 692. The number of urea groups is 2. The van der Waals surface area contributed by atoms with Crippen molar-refractivity contribution in [3.63, 3.8) is 0 Å². The minimum atomic E-state index is -0.310. The molecule has 0 aromatic heterocycles. The molecule has 0 atom stereocenters. The zero-order valence-corrected chi connectivity index (χ0v) is 19.1. The first kappa shape index (κ1) is 23.9. The molecule has 0 saturated heterocycles. The lowest BCUT2D eigenvalue weighted by molar-refractivity contribution is -0.0598. The number of carbonyl (C=O) groups excluding carboxylic acids is 2. The summed E-state index contributed by atoms with van der Waals surface area (Å²) in [6.07, 6.45) is 0. The van der Waals surface area contributed by atoms with Crippen molar-refractivity contribution in [2.24, 2.45) is 0 Å². The van der Waals surface area contributed by atoms with Crippen molar-refractivity contribution in [2.45, 2.75) is 0 Å². The molecule has 0 radical (unpaired) electrons. The van der Waals surface area contributed by atoms with Gasteiger partial charge in [0.2, 0.25) is 0 Å². The summed E-state index contributed by atoms with van der Waals surface area (Å²) in [6.45, 7) is 0. The van der Waals surface area contributed by atoms with Crippen LogP contribution >= 0.6 is 31.9 Å². The molecule has 0 fully saturated rings. The van der Waals surface area contributed by atoms with Gasteiger partial charge in [-0.05, 0) is 48.5 Å². The molecule has 10 heteroatoms. The Balaban J connectivity index is 0.000000280. The van der Waals surface area contributed by atoms with Gasteiger partial charge in [-0.1, -0.05) is 31.9 Å². The van der Waals surface area contributed by atoms with Crippen molar-refractivity contribution in [3.8, 4) is 0 Å². The zero-order chi connectivity index (χ0) is 21.1. The molecule has 2 aromatic carbocycles. The topological polar surface area (TPSA) is 83.1 Å². The smallest absolute Gasteiger partial charge is 0.306 e. The minimum absolute atomic E-state index is 0.310. The monoisotopic (exact) mass is 516 g/mol. The van der Waals surface area contributed by atoms with Crippen LogP contribution in [0.5, 0.6) is 0 Å². The summed E-state index contributed by atoms with van der Waals surface area (Å²) in [7, 11) is 5.94. The maximum atomic E-state index is 11.3. The van der Waals surface area contributed by atoms with Gasteiger partial charge in [0.1, 0.15) is 0 Å². The number of carbonyl (C=O) groups is 2. The van der Waals surface area contributed by atoms with E-state index in [1.54, 1.807) is 24.3 Å². The number of hydrogen-bond acceptors (Lipinski definition) is 4. The van der Waals surface area contributed by atoms with Crippen LogP contribution in [0.4, 0.5) is 21.0 Å². The Morgan fingerprint density at radius 1 is 0.714 bits per heavy atom. The number of anilines is 2. The fraction of sp³-hybridized carbons (Fsp3) is 0.222. The molecule has 4 amide bonds. The van der Waals surface area contributed by atoms with Crippen molar-refractivity contribution >= 4 is 55.3 Å². The summed E-state index contributed by atoms with van der Waals surface area (Å²) < 4.78 is 1.94. The predicted octanol–water partition coefficient (Wildman–Crippen LogP) is 4.95. The van der Waals surface area contributed by atoms with E-state index in [-0.39, 0.29) is 12.1 Å². The first-order chi connectivity index (χ1) is 13.3. The van der Waals surface area contributed by atoms with Crippen molar-refractivity contribution in [1.29, 1.82) is 0 Å². The number of nitrogens with zero attached hydrogens (tertiary/aromatic N) is 2. The van der Waals surface area contributed by atoms with E-state index in [1.165, 1.54) is 28.3 Å². The molecular weight excluding hydrogens is 496 g/mol. The minimum Gasteiger partial charge on any atom is -0.306 e. The Labute approximate surface area is 180 Å². The molecule has 0 aliphatic rings. The first-order valence-corrected chi connectivity index (χ1v) is 9.54. The Morgan fingerprint density at radius 2 is 1.00 bits per heavy atom.